The first-order valence-corrected chi connectivity index (χ1v) is 9.20. The summed E-state index contributed by atoms with van der Waals surface area (Å²) in [6, 6.07) is 9.32. The minimum atomic E-state index is -0.484. The van der Waals surface area contributed by atoms with E-state index in [1.807, 2.05) is 32.0 Å². The molecule has 0 spiro atoms. The van der Waals surface area contributed by atoms with Crippen LogP contribution in [0.4, 0.5) is 8.78 Å². The molecular formula is C21H28F2IN3O2. The largest absolute Gasteiger partial charge is 0.491 e. The van der Waals surface area contributed by atoms with Crippen LogP contribution in [-0.2, 0) is 17.8 Å². The van der Waals surface area contributed by atoms with E-state index in [2.05, 4.69) is 15.6 Å². The van der Waals surface area contributed by atoms with Gasteiger partial charge in [0.05, 0.1) is 13.2 Å². The number of hydrogen-bond donors (Lipinski definition) is 2. The van der Waals surface area contributed by atoms with Crippen LogP contribution in [0.3, 0.4) is 0 Å². The van der Waals surface area contributed by atoms with E-state index in [4.69, 9.17) is 9.47 Å². The number of hydrogen-bond acceptors (Lipinski definition) is 3. The molecule has 160 valence electrons. The van der Waals surface area contributed by atoms with Crippen LogP contribution >= 0.6 is 24.0 Å². The Labute approximate surface area is 187 Å². The van der Waals surface area contributed by atoms with Gasteiger partial charge in [0, 0.05) is 31.3 Å². The summed E-state index contributed by atoms with van der Waals surface area (Å²) in [6.45, 7) is 6.04. The van der Waals surface area contributed by atoms with Gasteiger partial charge in [0.25, 0.3) is 0 Å². The highest BCUT2D eigenvalue weighted by molar-refractivity contribution is 14.0. The zero-order valence-corrected chi connectivity index (χ0v) is 19.3. The summed E-state index contributed by atoms with van der Waals surface area (Å²) in [7, 11) is 1.63. The lowest BCUT2D eigenvalue weighted by Gasteiger charge is -2.15. The molecule has 0 aliphatic carbocycles. The normalized spacial score (nSPS) is 11.0. The molecule has 0 saturated carbocycles. The SMILES string of the molecule is CCNC(=NCc1cc(F)ccc1F)NCc1ccc(C)cc1OCCOC.I. The minimum Gasteiger partial charge on any atom is -0.491 e. The van der Waals surface area contributed by atoms with Gasteiger partial charge in [-0.05, 0) is 43.7 Å². The van der Waals surface area contributed by atoms with Crippen LogP contribution in [-0.4, -0.2) is 32.8 Å². The van der Waals surface area contributed by atoms with Gasteiger partial charge < -0.3 is 20.1 Å². The van der Waals surface area contributed by atoms with E-state index in [0.29, 0.717) is 32.3 Å². The number of ether oxygens (including phenoxy) is 2. The van der Waals surface area contributed by atoms with E-state index in [-0.39, 0.29) is 36.1 Å². The van der Waals surface area contributed by atoms with Gasteiger partial charge in [0.15, 0.2) is 5.96 Å². The van der Waals surface area contributed by atoms with Gasteiger partial charge in [-0.2, -0.15) is 0 Å². The second-order valence-electron chi connectivity index (χ2n) is 6.24. The molecule has 5 nitrogen and oxygen atoms in total. The molecule has 0 fully saturated rings. The first kappa shape index (κ1) is 25.1. The van der Waals surface area contributed by atoms with E-state index in [0.717, 1.165) is 35.1 Å². The molecule has 0 saturated heterocycles. The molecule has 0 aliphatic rings. The Hall–Kier alpha value is -1.94. The minimum absolute atomic E-state index is 0. The number of aliphatic imine (C=N–C) groups is 1. The van der Waals surface area contributed by atoms with Crippen LogP contribution in [0, 0.1) is 18.6 Å². The number of benzene rings is 2. The fourth-order valence-corrected chi connectivity index (χ4v) is 2.53. The van der Waals surface area contributed by atoms with Crippen molar-refractivity contribution in [2.24, 2.45) is 4.99 Å². The molecule has 0 aromatic heterocycles. The van der Waals surface area contributed by atoms with Gasteiger partial charge in [-0.25, -0.2) is 13.8 Å². The number of rotatable bonds is 9. The Morgan fingerprint density at radius 2 is 1.83 bits per heavy atom. The van der Waals surface area contributed by atoms with Gasteiger partial charge in [0.2, 0.25) is 0 Å². The summed E-state index contributed by atoms with van der Waals surface area (Å²) >= 11 is 0. The topological polar surface area (TPSA) is 54.9 Å². The van der Waals surface area contributed by atoms with Gasteiger partial charge in [-0.1, -0.05) is 12.1 Å². The molecule has 0 heterocycles. The molecule has 2 aromatic carbocycles. The van der Waals surface area contributed by atoms with Crippen molar-refractivity contribution in [2.75, 3.05) is 26.9 Å². The summed E-state index contributed by atoms with van der Waals surface area (Å²) in [5.74, 6) is 0.321. The van der Waals surface area contributed by atoms with Crippen molar-refractivity contribution in [3.8, 4) is 5.75 Å². The van der Waals surface area contributed by atoms with Gasteiger partial charge >= 0.3 is 0 Å². The summed E-state index contributed by atoms with van der Waals surface area (Å²) < 4.78 is 37.9. The highest BCUT2D eigenvalue weighted by Gasteiger charge is 2.07. The number of methoxy groups -OCH3 is 1. The standard InChI is InChI=1S/C21H27F2N3O2.HI/c1-4-24-21(26-14-17-12-18(22)7-8-19(17)23)25-13-16-6-5-15(2)11-20(16)28-10-9-27-3;/h5-8,11-12H,4,9-10,13-14H2,1-3H3,(H2,24,25,26);1H. The van der Waals surface area contributed by atoms with Crippen LogP contribution < -0.4 is 15.4 Å². The van der Waals surface area contributed by atoms with E-state index >= 15 is 0 Å². The predicted molar refractivity (Wildman–Crippen MR) is 122 cm³/mol. The van der Waals surface area contributed by atoms with Gasteiger partial charge in [-0.15, -0.1) is 24.0 Å². The zero-order valence-electron chi connectivity index (χ0n) is 16.9. The summed E-state index contributed by atoms with van der Waals surface area (Å²) in [6.07, 6.45) is 0. The van der Waals surface area contributed by atoms with Crippen molar-refractivity contribution in [3.63, 3.8) is 0 Å². The van der Waals surface area contributed by atoms with Crippen molar-refractivity contribution in [1.82, 2.24) is 10.6 Å². The molecule has 29 heavy (non-hydrogen) atoms. The molecule has 2 rings (SSSR count). The number of nitrogens with one attached hydrogen (secondary N) is 2. The van der Waals surface area contributed by atoms with Crippen molar-refractivity contribution >= 4 is 29.9 Å². The lowest BCUT2D eigenvalue weighted by Crippen LogP contribution is -2.36. The fraction of sp³-hybridized carbons (Fsp3) is 0.381. The first-order valence-electron chi connectivity index (χ1n) is 9.20. The Balaban J connectivity index is 0.00000420. The summed E-state index contributed by atoms with van der Waals surface area (Å²) in [4.78, 5) is 4.35. The molecule has 0 bridgehead atoms. The van der Waals surface area contributed by atoms with Gasteiger partial charge in [-0.3, -0.25) is 0 Å². The third-order valence-corrected chi connectivity index (χ3v) is 3.97. The van der Waals surface area contributed by atoms with E-state index in [9.17, 15) is 8.78 Å². The Kier molecular flexibility index (Phi) is 11.5. The second-order valence-corrected chi connectivity index (χ2v) is 6.24. The maximum atomic E-state index is 13.8. The number of nitrogens with zero attached hydrogens (tertiary/aromatic N) is 1. The van der Waals surface area contributed by atoms with Crippen LogP contribution in [0.25, 0.3) is 0 Å². The Bertz CT molecular complexity index is 803. The second kappa shape index (κ2) is 13.3. The van der Waals surface area contributed by atoms with Crippen LogP contribution in [0.1, 0.15) is 23.6 Å². The lowest BCUT2D eigenvalue weighted by atomic mass is 10.1. The molecule has 0 aliphatic heterocycles. The highest BCUT2D eigenvalue weighted by Crippen LogP contribution is 2.20. The van der Waals surface area contributed by atoms with Crippen molar-refractivity contribution in [3.05, 3.63) is 64.7 Å². The fourth-order valence-electron chi connectivity index (χ4n) is 2.53. The van der Waals surface area contributed by atoms with E-state index < -0.39 is 11.6 Å². The Morgan fingerprint density at radius 3 is 2.55 bits per heavy atom. The first-order chi connectivity index (χ1) is 13.5. The van der Waals surface area contributed by atoms with Crippen LogP contribution in [0.15, 0.2) is 41.4 Å². The molecule has 2 aromatic rings. The molecule has 0 atom stereocenters. The van der Waals surface area contributed by atoms with E-state index in [1.165, 1.54) is 0 Å². The molecule has 0 amide bonds. The number of halogens is 3. The average Bonchev–Trinajstić information content (AvgIpc) is 2.67. The molecular weight excluding hydrogens is 491 g/mol. The predicted octanol–water partition coefficient (Wildman–Crippen LogP) is 4.17. The molecule has 8 heteroatoms. The number of aryl methyl sites for hydroxylation is 1. The third-order valence-electron chi connectivity index (χ3n) is 3.97. The van der Waals surface area contributed by atoms with Crippen molar-refractivity contribution in [1.29, 1.82) is 0 Å². The lowest BCUT2D eigenvalue weighted by molar-refractivity contribution is 0.145. The zero-order chi connectivity index (χ0) is 20.4. The maximum Gasteiger partial charge on any atom is 0.191 e. The summed E-state index contributed by atoms with van der Waals surface area (Å²) in [5.41, 5.74) is 2.26. The van der Waals surface area contributed by atoms with Crippen LogP contribution in [0.5, 0.6) is 5.75 Å². The summed E-state index contributed by atoms with van der Waals surface area (Å²) in [5, 5.41) is 6.31. The molecule has 2 N–H and O–H groups in total. The smallest absolute Gasteiger partial charge is 0.191 e. The van der Waals surface area contributed by atoms with E-state index in [1.54, 1.807) is 7.11 Å². The quantitative estimate of drug-likeness (QED) is 0.226. The third kappa shape index (κ3) is 8.53. The Morgan fingerprint density at radius 1 is 1.03 bits per heavy atom. The molecule has 0 unspecified atom stereocenters. The maximum absolute atomic E-state index is 13.8. The van der Waals surface area contributed by atoms with Gasteiger partial charge in [0.1, 0.15) is 24.0 Å². The van der Waals surface area contributed by atoms with Crippen molar-refractivity contribution < 1.29 is 18.3 Å². The number of guanidine groups is 1. The molecule has 0 radical (unpaired) electrons. The average molecular weight is 519 g/mol. The van der Waals surface area contributed by atoms with Crippen molar-refractivity contribution in [2.45, 2.75) is 26.9 Å². The highest BCUT2D eigenvalue weighted by atomic mass is 127. The van der Waals surface area contributed by atoms with Crippen LogP contribution in [0.2, 0.25) is 0 Å². The monoisotopic (exact) mass is 519 g/mol.